The first-order valence-electron chi connectivity index (χ1n) is 7.02. The van der Waals surface area contributed by atoms with Gasteiger partial charge >= 0.3 is 0 Å². The van der Waals surface area contributed by atoms with Crippen molar-refractivity contribution in [1.29, 1.82) is 0 Å². The highest BCUT2D eigenvalue weighted by Crippen LogP contribution is 2.34. The Balaban J connectivity index is 1.61. The second-order valence-electron chi connectivity index (χ2n) is 4.73. The van der Waals surface area contributed by atoms with Crippen molar-refractivity contribution in [2.75, 3.05) is 37.7 Å². The van der Waals surface area contributed by atoms with Gasteiger partial charge in [-0.3, -0.25) is 4.79 Å². The lowest BCUT2D eigenvalue weighted by atomic mass is 10.2. The van der Waals surface area contributed by atoms with Crippen LogP contribution < -0.4 is 20.1 Å². The second-order valence-corrected chi connectivity index (χ2v) is 4.73. The van der Waals surface area contributed by atoms with E-state index in [0.717, 1.165) is 0 Å². The molecule has 3 rings (SSSR count). The molecule has 0 bridgehead atoms. The highest BCUT2D eigenvalue weighted by atomic mass is 16.7. The Morgan fingerprint density at radius 3 is 2.91 bits per heavy atom. The molecule has 0 fully saturated rings. The molecule has 0 atom stereocenters. The van der Waals surface area contributed by atoms with Gasteiger partial charge in [-0.15, -0.1) is 0 Å². The lowest BCUT2D eigenvalue weighted by molar-refractivity contribution is 0.102. The van der Waals surface area contributed by atoms with Gasteiger partial charge in [-0.1, -0.05) is 0 Å². The summed E-state index contributed by atoms with van der Waals surface area (Å²) >= 11 is 0. The van der Waals surface area contributed by atoms with E-state index in [9.17, 15) is 4.79 Å². The fraction of sp³-hybridized carbons (Fsp3) is 0.267. The van der Waals surface area contributed by atoms with Crippen molar-refractivity contribution >= 4 is 17.4 Å². The van der Waals surface area contributed by atoms with Crippen LogP contribution in [-0.4, -0.2) is 42.9 Å². The molecular formula is C15H16N4O4. The molecule has 0 aliphatic carbocycles. The Hall–Kier alpha value is -2.87. The molecule has 1 aliphatic heterocycles. The van der Waals surface area contributed by atoms with Gasteiger partial charge in [0.25, 0.3) is 5.91 Å². The minimum atomic E-state index is -0.347. The maximum absolute atomic E-state index is 12.2. The maximum Gasteiger partial charge on any atom is 0.275 e. The van der Waals surface area contributed by atoms with E-state index in [0.29, 0.717) is 36.2 Å². The van der Waals surface area contributed by atoms with Gasteiger partial charge in [0.1, 0.15) is 11.5 Å². The average Bonchev–Trinajstić information content (AvgIpc) is 3.03. The molecule has 8 heteroatoms. The highest BCUT2D eigenvalue weighted by molar-refractivity contribution is 6.02. The van der Waals surface area contributed by atoms with Crippen LogP contribution >= 0.6 is 0 Å². The van der Waals surface area contributed by atoms with Gasteiger partial charge in [-0.05, 0) is 12.1 Å². The summed E-state index contributed by atoms with van der Waals surface area (Å²) in [6.07, 6.45) is 2.92. The first-order chi connectivity index (χ1) is 11.3. The normalized spacial score (nSPS) is 12.0. The molecule has 0 unspecified atom stereocenters. The molecule has 120 valence electrons. The average molecular weight is 316 g/mol. The molecule has 1 amide bonds. The third-order valence-corrected chi connectivity index (χ3v) is 3.13. The fourth-order valence-electron chi connectivity index (χ4n) is 1.99. The van der Waals surface area contributed by atoms with Crippen molar-refractivity contribution in [3.8, 4) is 11.5 Å². The number of nitrogens with zero attached hydrogens (tertiary/aromatic N) is 2. The van der Waals surface area contributed by atoms with E-state index in [2.05, 4.69) is 20.6 Å². The molecule has 0 radical (unpaired) electrons. The molecule has 8 nitrogen and oxygen atoms in total. The van der Waals surface area contributed by atoms with Crippen LogP contribution in [0, 0.1) is 0 Å². The summed E-state index contributed by atoms with van der Waals surface area (Å²) in [6.45, 7) is 1.37. The van der Waals surface area contributed by atoms with Crippen LogP contribution in [0.3, 0.4) is 0 Å². The minimum absolute atomic E-state index is 0.190. The Bertz CT molecular complexity index is 690. The predicted molar refractivity (Wildman–Crippen MR) is 82.9 cm³/mol. The van der Waals surface area contributed by atoms with E-state index in [1.807, 2.05) is 0 Å². The van der Waals surface area contributed by atoms with Gasteiger partial charge in [0.15, 0.2) is 11.5 Å². The minimum Gasteiger partial charge on any atom is -0.454 e. The molecule has 0 spiro atoms. The summed E-state index contributed by atoms with van der Waals surface area (Å²) < 4.78 is 15.4. The third kappa shape index (κ3) is 3.67. The zero-order valence-electron chi connectivity index (χ0n) is 12.5. The smallest absolute Gasteiger partial charge is 0.275 e. The number of methoxy groups -OCH3 is 1. The van der Waals surface area contributed by atoms with Crippen molar-refractivity contribution in [3.63, 3.8) is 0 Å². The second kappa shape index (κ2) is 6.93. The van der Waals surface area contributed by atoms with Gasteiger partial charge in [-0.2, -0.15) is 0 Å². The zero-order valence-corrected chi connectivity index (χ0v) is 12.5. The first-order valence-corrected chi connectivity index (χ1v) is 7.02. The Labute approximate surface area is 132 Å². The summed E-state index contributed by atoms with van der Waals surface area (Å²) in [6, 6.07) is 5.18. The monoisotopic (exact) mass is 316 g/mol. The van der Waals surface area contributed by atoms with Crippen LogP contribution in [0.4, 0.5) is 11.5 Å². The topological polar surface area (TPSA) is 94.6 Å². The van der Waals surface area contributed by atoms with Gasteiger partial charge in [0.05, 0.1) is 19.0 Å². The summed E-state index contributed by atoms with van der Waals surface area (Å²) in [5.41, 5.74) is 0.823. The Morgan fingerprint density at radius 2 is 2.13 bits per heavy atom. The van der Waals surface area contributed by atoms with Crippen LogP contribution in [0.1, 0.15) is 10.5 Å². The number of benzene rings is 1. The van der Waals surface area contributed by atoms with Crippen LogP contribution in [0.2, 0.25) is 0 Å². The molecule has 0 saturated carbocycles. The number of carbonyl (C=O) groups is 1. The van der Waals surface area contributed by atoms with Crippen LogP contribution in [0.15, 0.2) is 30.6 Å². The van der Waals surface area contributed by atoms with Crippen molar-refractivity contribution in [2.45, 2.75) is 0 Å². The number of aromatic nitrogens is 2. The molecule has 23 heavy (non-hydrogen) atoms. The van der Waals surface area contributed by atoms with E-state index < -0.39 is 0 Å². The van der Waals surface area contributed by atoms with E-state index in [-0.39, 0.29) is 18.4 Å². The molecular weight excluding hydrogens is 300 g/mol. The van der Waals surface area contributed by atoms with E-state index in [1.165, 1.54) is 12.4 Å². The van der Waals surface area contributed by atoms with Gasteiger partial charge in [0.2, 0.25) is 6.79 Å². The number of anilines is 2. The number of rotatable bonds is 6. The van der Waals surface area contributed by atoms with Gasteiger partial charge < -0.3 is 24.8 Å². The zero-order chi connectivity index (χ0) is 16.1. The van der Waals surface area contributed by atoms with Crippen molar-refractivity contribution in [3.05, 3.63) is 36.3 Å². The van der Waals surface area contributed by atoms with Crippen LogP contribution in [-0.2, 0) is 4.74 Å². The fourth-order valence-corrected chi connectivity index (χ4v) is 1.99. The SMILES string of the molecule is COCCNc1cnc(C(=O)Nc2ccc3c(c2)OCO3)cn1. The summed E-state index contributed by atoms with van der Waals surface area (Å²) in [5, 5.41) is 5.77. The summed E-state index contributed by atoms with van der Waals surface area (Å²) in [5.74, 6) is 1.50. The number of hydrogen-bond acceptors (Lipinski definition) is 7. The number of fused-ring (bicyclic) bond motifs is 1. The number of hydrogen-bond donors (Lipinski definition) is 2. The quantitative estimate of drug-likeness (QED) is 0.780. The standard InChI is InChI=1S/C15H16N4O4/c1-21-5-4-16-14-8-17-11(7-18-14)15(20)19-10-2-3-12-13(6-10)23-9-22-12/h2-3,6-8H,4-5,9H2,1H3,(H,16,18)(H,19,20). The van der Waals surface area contributed by atoms with Crippen molar-refractivity contribution < 1.29 is 19.0 Å². The molecule has 1 aromatic heterocycles. The molecule has 2 N–H and O–H groups in total. The Kier molecular flexibility index (Phi) is 4.53. The molecule has 1 aliphatic rings. The largest absolute Gasteiger partial charge is 0.454 e. The Morgan fingerprint density at radius 1 is 1.26 bits per heavy atom. The third-order valence-electron chi connectivity index (χ3n) is 3.13. The van der Waals surface area contributed by atoms with Crippen LogP contribution in [0.25, 0.3) is 0 Å². The van der Waals surface area contributed by atoms with E-state index in [1.54, 1.807) is 25.3 Å². The highest BCUT2D eigenvalue weighted by Gasteiger charge is 2.15. The lowest BCUT2D eigenvalue weighted by Crippen LogP contribution is -2.15. The van der Waals surface area contributed by atoms with E-state index >= 15 is 0 Å². The number of nitrogens with one attached hydrogen (secondary N) is 2. The molecule has 0 saturated heterocycles. The summed E-state index contributed by atoms with van der Waals surface area (Å²) in [4.78, 5) is 20.4. The number of carbonyl (C=O) groups excluding carboxylic acids is 1. The molecule has 2 heterocycles. The van der Waals surface area contributed by atoms with E-state index in [4.69, 9.17) is 14.2 Å². The maximum atomic E-state index is 12.2. The predicted octanol–water partition coefficient (Wildman–Crippen LogP) is 1.52. The van der Waals surface area contributed by atoms with Crippen molar-refractivity contribution in [1.82, 2.24) is 9.97 Å². The van der Waals surface area contributed by atoms with Gasteiger partial charge in [-0.25, -0.2) is 9.97 Å². The van der Waals surface area contributed by atoms with Crippen LogP contribution in [0.5, 0.6) is 11.5 Å². The first kappa shape index (κ1) is 15.0. The number of ether oxygens (including phenoxy) is 3. The molecule has 1 aromatic carbocycles. The summed E-state index contributed by atoms with van der Waals surface area (Å²) in [7, 11) is 1.62. The number of amides is 1. The molecule has 2 aromatic rings. The van der Waals surface area contributed by atoms with Gasteiger partial charge in [0, 0.05) is 25.4 Å². The van der Waals surface area contributed by atoms with Crippen molar-refractivity contribution in [2.24, 2.45) is 0 Å². The lowest BCUT2D eigenvalue weighted by Gasteiger charge is -2.07.